The van der Waals surface area contributed by atoms with Crippen molar-refractivity contribution >= 4 is 47.2 Å². The van der Waals surface area contributed by atoms with Crippen molar-refractivity contribution in [2.24, 2.45) is 10.7 Å². The molecule has 0 spiro atoms. The summed E-state index contributed by atoms with van der Waals surface area (Å²) < 4.78 is 53.4. The van der Waals surface area contributed by atoms with Gasteiger partial charge in [-0.3, -0.25) is 4.99 Å². The molecule has 5 nitrogen and oxygen atoms in total. The quantitative estimate of drug-likeness (QED) is 0.236. The molecule has 1 unspecified atom stereocenters. The van der Waals surface area contributed by atoms with E-state index in [0.717, 1.165) is 18.2 Å². The summed E-state index contributed by atoms with van der Waals surface area (Å²) in [5.41, 5.74) is 6.29. The maximum atomic E-state index is 13.4. The number of hydrogen-bond donors (Lipinski definition) is 3. The van der Waals surface area contributed by atoms with Crippen LogP contribution >= 0.6 is 35.6 Å². The van der Waals surface area contributed by atoms with Crippen LogP contribution in [0.25, 0.3) is 0 Å². The minimum Gasteiger partial charge on any atom is -0.406 e. The molecule has 2 aromatic carbocycles. The Balaban J connectivity index is 0.00000364. The van der Waals surface area contributed by atoms with Crippen molar-refractivity contribution in [1.29, 1.82) is 0 Å². The predicted octanol–water partition coefficient (Wildman–Crippen LogP) is 4.46. The molecule has 148 valence electrons. The van der Waals surface area contributed by atoms with E-state index in [2.05, 4.69) is 15.0 Å². The number of nitrogens with one attached hydrogen (secondary N) is 1. The summed E-state index contributed by atoms with van der Waals surface area (Å²) in [6.07, 6.45) is -5.88. The molecule has 0 amide bonds. The highest BCUT2D eigenvalue weighted by Gasteiger charge is 2.30. The molecule has 0 fully saturated rings. The van der Waals surface area contributed by atoms with Crippen molar-refractivity contribution in [2.45, 2.75) is 12.5 Å². The van der Waals surface area contributed by atoms with Crippen LogP contribution in [0.2, 0.25) is 5.02 Å². The molecule has 2 rings (SSSR count). The van der Waals surface area contributed by atoms with Gasteiger partial charge in [-0.1, -0.05) is 17.7 Å². The summed E-state index contributed by atoms with van der Waals surface area (Å²) in [5.74, 6) is -1.12. The first kappa shape index (κ1) is 23.2. The highest BCUT2D eigenvalue weighted by molar-refractivity contribution is 14.0. The number of nitrogens with two attached hydrogens (primary N) is 1. The van der Waals surface area contributed by atoms with Crippen LogP contribution in [-0.2, 0) is 0 Å². The maximum Gasteiger partial charge on any atom is 0.573 e. The van der Waals surface area contributed by atoms with Gasteiger partial charge < -0.3 is 20.9 Å². The Morgan fingerprint density at radius 1 is 1.22 bits per heavy atom. The largest absolute Gasteiger partial charge is 0.573 e. The van der Waals surface area contributed by atoms with Crippen molar-refractivity contribution < 1.29 is 27.4 Å². The van der Waals surface area contributed by atoms with Gasteiger partial charge in [0.25, 0.3) is 0 Å². The number of benzene rings is 2. The van der Waals surface area contributed by atoms with Gasteiger partial charge in [-0.05, 0) is 42.0 Å². The van der Waals surface area contributed by atoms with Gasteiger partial charge in [0, 0.05) is 5.69 Å². The summed E-state index contributed by atoms with van der Waals surface area (Å²) in [6, 6.07) is 8.69. The second-order valence-electron chi connectivity index (χ2n) is 5.11. The lowest BCUT2D eigenvalue weighted by Gasteiger charge is -2.11. The van der Waals surface area contributed by atoms with E-state index in [1.165, 1.54) is 24.3 Å². The fraction of sp³-hybridized carbons (Fsp3) is 0.188. The third kappa shape index (κ3) is 7.77. The van der Waals surface area contributed by atoms with Crippen molar-refractivity contribution in [3.05, 3.63) is 58.9 Å². The van der Waals surface area contributed by atoms with Crippen LogP contribution in [0.5, 0.6) is 5.75 Å². The van der Waals surface area contributed by atoms with Gasteiger partial charge in [0.1, 0.15) is 11.6 Å². The number of nitrogens with zero attached hydrogens (tertiary/aromatic N) is 1. The standard InChI is InChI=1S/C16H14ClF4N3O2.HI/c17-12-6-1-9(7-13(12)18)14(25)8-23-15(22)24-10-2-4-11(5-3-10)26-16(19,20)21;/h1-7,14,25H,8H2,(H3,22,23,24);1H. The Labute approximate surface area is 174 Å². The van der Waals surface area contributed by atoms with Crippen LogP contribution in [0.15, 0.2) is 47.5 Å². The lowest BCUT2D eigenvalue weighted by molar-refractivity contribution is -0.274. The predicted molar refractivity (Wildman–Crippen MR) is 105 cm³/mol. The van der Waals surface area contributed by atoms with Gasteiger partial charge in [0.05, 0.1) is 17.7 Å². The molecule has 0 heterocycles. The average Bonchev–Trinajstić information content (AvgIpc) is 2.55. The number of guanidine groups is 1. The molecule has 27 heavy (non-hydrogen) atoms. The van der Waals surface area contributed by atoms with E-state index >= 15 is 0 Å². The molecule has 1 atom stereocenters. The Morgan fingerprint density at radius 2 is 1.85 bits per heavy atom. The first-order valence-corrected chi connectivity index (χ1v) is 7.57. The van der Waals surface area contributed by atoms with Crippen molar-refractivity contribution in [3.63, 3.8) is 0 Å². The summed E-state index contributed by atoms with van der Waals surface area (Å²) in [4.78, 5) is 3.90. The van der Waals surface area contributed by atoms with Gasteiger partial charge in [0.2, 0.25) is 0 Å². The van der Waals surface area contributed by atoms with E-state index in [1.807, 2.05) is 0 Å². The monoisotopic (exact) mass is 519 g/mol. The molecule has 0 saturated heterocycles. The number of aliphatic hydroxyl groups excluding tert-OH is 1. The van der Waals surface area contributed by atoms with Crippen LogP contribution in [0.4, 0.5) is 23.2 Å². The highest BCUT2D eigenvalue weighted by atomic mass is 127. The normalized spacial score (nSPS) is 12.9. The Bertz CT molecular complexity index is 788. The zero-order valence-corrected chi connectivity index (χ0v) is 16.6. The second-order valence-corrected chi connectivity index (χ2v) is 5.52. The van der Waals surface area contributed by atoms with Crippen LogP contribution in [0.3, 0.4) is 0 Å². The summed E-state index contributed by atoms with van der Waals surface area (Å²) >= 11 is 5.56. The first-order chi connectivity index (χ1) is 12.1. The van der Waals surface area contributed by atoms with E-state index in [0.29, 0.717) is 5.69 Å². The number of anilines is 1. The second kappa shape index (κ2) is 9.95. The third-order valence-electron chi connectivity index (χ3n) is 3.12. The molecule has 0 saturated carbocycles. The van der Waals surface area contributed by atoms with Crippen molar-refractivity contribution in [3.8, 4) is 5.75 Å². The number of ether oxygens (including phenoxy) is 1. The smallest absolute Gasteiger partial charge is 0.406 e. The van der Waals surface area contributed by atoms with Crippen LogP contribution in [0.1, 0.15) is 11.7 Å². The van der Waals surface area contributed by atoms with Gasteiger partial charge in [-0.15, -0.1) is 37.1 Å². The number of aliphatic hydroxyl groups is 1. The Kier molecular flexibility index (Phi) is 8.57. The average molecular weight is 520 g/mol. The third-order valence-corrected chi connectivity index (χ3v) is 3.43. The van der Waals surface area contributed by atoms with Gasteiger partial charge >= 0.3 is 6.36 Å². The fourth-order valence-corrected chi connectivity index (χ4v) is 2.05. The molecule has 0 aliphatic heterocycles. The molecular formula is C16H15ClF4IN3O2. The first-order valence-electron chi connectivity index (χ1n) is 7.20. The molecular weight excluding hydrogens is 505 g/mol. The van der Waals surface area contributed by atoms with E-state index in [4.69, 9.17) is 17.3 Å². The summed E-state index contributed by atoms with van der Waals surface area (Å²) in [7, 11) is 0. The van der Waals surface area contributed by atoms with E-state index in [9.17, 15) is 22.7 Å². The SMILES string of the molecule is I.NC(=NCC(O)c1ccc(Cl)c(F)c1)Nc1ccc(OC(F)(F)F)cc1. The zero-order valence-electron chi connectivity index (χ0n) is 13.5. The minimum atomic E-state index is -4.77. The Morgan fingerprint density at radius 3 is 2.41 bits per heavy atom. The topological polar surface area (TPSA) is 79.9 Å². The summed E-state index contributed by atoms with van der Waals surface area (Å²) in [5, 5.41) is 12.5. The lowest BCUT2D eigenvalue weighted by Crippen LogP contribution is -2.23. The molecule has 2 aromatic rings. The molecule has 0 bridgehead atoms. The molecule has 4 N–H and O–H groups in total. The molecule has 11 heteroatoms. The number of halogens is 6. The zero-order chi connectivity index (χ0) is 19.3. The van der Waals surface area contributed by atoms with Crippen LogP contribution < -0.4 is 15.8 Å². The maximum absolute atomic E-state index is 13.4. The lowest BCUT2D eigenvalue weighted by atomic mass is 10.1. The molecule has 0 aromatic heterocycles. The number of alkyl halides is 3. The van der Waals surface area contributed by atoms with E-state index in [-0.39, 0.29) is 52.8 Å². The van der Waals surface area contributed by atoms with Gasteiger partial charge in [-0.2, -0.15) is 0 Å². The number of aliphatic imine (C=N–C) groups is 1. The van der Waals surface area contributed by atoms with Crippen molar-refractivity contribution in [1.82, 2.24) is 0 Å². The Hall–Kier alpha value is -1.79. The minimum absolute atomic E-state index is 0. The van der Waals surface area contributed by atoms with Crippen LogP contribution in [0, 0.1) is 5.82 Å². The van der Waals surface area contributed by atoms with Gasteiger partial charge in [-0.25, -0.2) is 4.39 Å². The highest BCUT2D eigenvalue weighted by Crippen LogP contribution is 2.24. The number of hydrogen-bond acceptors (Lipinski definition) is 3. The van der Waals surface area contributed by atoms with Crippen LogP contribution in [-0.4, -0.2) is 24.0 Å². The molecule has 0 aliphatic rings. The van der Waals surface area contributed by atoms with Gasteiger partial charge in [0.15, 0.2) is 5.96 Å². The molecule has 0 radical (unpaired) electrons. The molecule has 0 aliphatic carbocycles. The fourth-order valence-electron chi connectivity index (χ4n) is 1.94. The van der Waals surface area contributed by atoms with E-state index < -0.39 is 18.3 Å². The summed E-state index contributed by atoms with van der Waals surface area (Å²) in [6.45, 7) is -0.158. The number of rotatable bonds is 5. The van der Waals surface area contributed by atoms with E-state index in [1.54, 1.807) is 0 Å². The van der Waals surface area contributed by atoms with Crippen molar-refractivity contribution in [2.75, 3.05) is 11.9 Å².